The molecule has 1 heterocycles. The highest BCUT2D eigenvalue weighted by Crippen LogP contribution is 2.29. The van der Waals surface area contributed by atoms with Gasteiger partial charge in [-0.25, -0.2) is 4.98 Å². The predicted octanol–water partition coefficient (Wildman–Crippen LogP) is 1.41. The maximum Gasteiger partial charge on any atom is 0.152 e. The molecule has 3 N–H and O–H groups in total. The summed E-state index contributed by atoms with van der Waals surface area (Å²) in [7, 11) is 0. The van der Waals surface area contributed by atoms with Crippen molar-refractivity contribution in [2.45, 2.75) is 31.7 Å². The van der Waals surface area contributed by atoms with Crippen molar-refractivity contribution in [1.82, 2.24) is 4.98 Å². The van der Waals surface area contributed by atoms with E-state index in [4.69, 9.17) is 10.8 Å². The van der Waals surface area contributed by atoms with Crippen LogP contribution in [-0.2, 0) is 0 Å². The van der Waals surface area contributed by atoms with Crippen molar-refractivity contribution in [3.05, 3.63) is 18.3 Å². The minimum Gasteiger partial charge on any atom is -0.396 e. The van der Waals surface area contributed by atoms with E-state index in [2.05, 4.69) is 9.88 Å². The van der Waals surface area contributed by atoms with Gasteiger partial charge in [-0.05, 0) is 25.0 Å². The Hall–Kier alpha value is -1.29. The first-order chi connectivity index (χ1) is 7.83. The molecular weight excluding hydrogens is 202 g/mol. The lowest BCUT2D eigenvalue weighted by Gasteiger charge is -2.30. The second kappa shape index (κ2) is 5.16. The second-order valence-corrected chi connectivity index (χ2v) is 4.27. The van der Waals surface area contributed by atoms with E-state index in [1.54, 1.807) is 6.20 Å². The smallest absolute Gasteiger partial charge is 0.152 e. The Balaban J connectivity index is 2.21. The number of hydrogen-bond acceptors (Lipinski definition) is 4. The second-order valence-electron chi connectivity index (χ2n) is 4.27. The highest BCUT2D eigenvalue weighted by atomic mass is 16.3. The van der Waals surface area contributed by atoms with Crippen LogP contribution in [0.5, 0.6) is 0 Å². The lowest BCUT2D eigenvalue weighted by atomic mass is 10.2. The van der Waals surface area contributed by atoms with E-state index in [9.17, 15) is 0 Å². The summed E-state index contributed by atoms with van der Waals surface area (Å²) < 4.78 is 0. The first-order valence-electron chi connectivity index (χ1n) is 5.91. The summed E-state index contributed by atoms with van der Waals surface area (Å²) in [6.07, 6.45) is 6.63. The van der Waals surface area contributed by atoms with E-state index >= 15 is 0 Å². The Morgan fingerprint density at radius 3 is 2.81 bits per heavy atom. The summed E-state index contributed by atoms with van der Waals surface area (Å²) in [5, 5.41) is 9.14. The third-order valence-electron chi connectivity index (χ3n) is 3.20. The van der Waals surface area contributed by atoms with Crippen LogP contribution >= 0.6 is 0 Å². The van der Waals surface area contributed by atoms with Gasteiger partial charge in [0.05, 0.1) is 12.3 Å². The SMILES string of the molecule is Nc1cccnc1N(CCO)C1CCCC1. The summed E-state index contributed by atoms with van der Waals surface area (Å²) in [6, 6.07) is 4.19. The van der Waals surface area contributed by atoms with Crippen LogP contribution in [0.25, 0.3) is 0 Å². The number of anilines is 2. The quantitative estimate of drug-likeness (QED) is 0.807. The van der Waals surface area contributed by atoms with Crippen LogP contribution in [0, 0.1) is 0 Å². The number of rotatable bonds is 4. The zero-order chi connectivity index (χ0) is 11.4. The van der Waals surface area contributed by atoms with Crippen LogP contribution in [0.1, 0.15) is 25.7 Å². The molecular formula is C12H19N3O. The molecule has 1 aromatic rings. The van der Waals surface area contributed by atoms with Crippen molar-refractivity contribution in [3.63, 3.8) is 0 Å². The fraction of sp³-hybridized carbons (Fsp3) is 0.583. The van der Waals surface area contributed by atoms with E-state index in [1.165, 1.54) is 25.7 Å². The minimum atomic E-state index is 0.145. The van der Waals surface area contributed by atoms with Gasteiger partial charge in [-0.15, -0.1) is 0 Å². The predicted molar refractivity (Wildman–Crippen MR) is 65.3 cm³/mol. The molecule has 0 unspecified atom stereocenters. The normalized spacial score (nSPS) is 16.6. The maximum absolute atomic E-state index is 9.14. The number of aromatic nitrogens is 1. The molecule has 0 atom stereocenters. The molecule has 16 heavy (non-hydrogen) atoms. The molecule has 1 aromatic heterocycles. The first-order valence-corrected chi connectivity index (χ1v) is 5.91. The maximum atomic E-state index is 9.14. The van der Waals surface area contributed by atoms with Crippen LogP contribution < -0.4 is 10.6 Å². The van der Waals surface area contributed by atoms with Gasteiger partial charge in [-0.2, -0.15) is 0 Å². The molecule has 0 aliphatic heterocycles. The van der Waals surface area contributed by atoms with E-state index in [-0.39, 0.29) is 6.61 Å². The molecule has 0 spiro atoms. The number of hydrogen-bond donors (Lipinski definition) is 2. The summed E-state index contributed by atoms with van der Waals surface area (Å²) in [4.78, 5) is 6.49. The van der Waals surface area contributed by atoms with Crippen molar-refractivity contribution in [2.24, 2.45) is 0 Å². The third-order valence-corrected chi connectivity index (χ3v) is 3.20. The van der Waals surface area contributed by atoms with E-state index < -0.39 is 0 Å². The molecule has 1 aliphatic rings. The highest BCUT2D eigenvalue weighted by molar-refractivity contribution is 5.62. The molecule has 0 radical (unpaired) electrons. The lowest BCUT2D eigenvalue weighted by Crippen LogP contribution is -2.36. The molecule has 88 valence electrons. The highest BCUT2D eigenvalue weighted by Gasteiger charge is 2.24. The fourth-order valence-electron chi connectivity index (χ4n) is 2.43. The average molecular weight is 221 g/mol. The van der Waals surface area contributed by atoms with Gasteiger partial charge in [0.1, 0.15) is 0 Å². The van der Waals surface area contributed by atoms with Gasteiger partial charge in [0.25, 0.3) is 0 Å². The monoisotopic (exact) mass is 221 g/mol. The van der Waals surface area contributed by atoms with Crippen molar-refractivity contribution in [3.8, 4) is 0 Å². The van der Waals surface area contributed by atoms with Crippen molar-refractivity contribution < 1.29 is 5.11 Å². The minimum absolute atomic E-state index is 0.145. The van der Waals surface area contributed by atoms with Gasteiger partial charge in [0, 0.05) is 18.8 Å². The molecule has 1 saturated carbocycles. The first kappa shape index (κ1) is 11.2. The molecule has 0 bridgehead atoms. The summed E-state index contributed by atoms with van der Waals surface area (Å²) in [6.45, 7) is 0.762. The van der Waals surface area contributed by atoms with Crippen molar-refractivity contribution in [2.75, 3.05) is 23.8 Å². The van der Waals surface area contributed by atoms with Crippen LogP contribution in [0.4, 0.5) is 11.5 Å². The summed E-state index contributed by atoms with van der Waals surface area (Å²) in [5.74, 6) is 0.823. The fourth-order valence-corrected chi connectivity index (χ4v) is 2.43. The topological polar surface area (TPSA) is 62.4 Å². The zero-order valence-corrected chi connectivity index (χ0v) is 9.47. The molecule has 0 aromatic carbocycles. The molecule has 0 amide bonds. The lowest BCUT2D eigenvalue weighted by molar-refractivity contribution is 0.297. The van der Waals surface area contributed by atoms with Gasteiger partial charge < -0.3 is 15.7 Å². The Kier molecular flexibility index (Phi) is 3.62. The number of nitrogen functional groups attached to an aromatic ring is 1. The van der Waals surface area contributed by atoms with E-state index in [0.29, 0.717) is 18.3 Å². The summed E-state index contributed by atoms with van der Waals surface area (Å²) in [5.41, 5.74) is 6.63. The van der Waals surface area contributed by atoms with Crippen LogP contribution in [0.15, 0.2) is 18.3 Å². The van der Waals surface area contributed by atoms with Crippen LogP contribution in [-0.4, -0.2) is 29.3 Å². The van der Waals surface area contributed by atoms with Gasteiger partial charge in [-0.3, -0.25) is 0 Å². The van der Waals surface area contributed by atoms with Crippen LogP contribution in [0.2, 0.25) is 0 Å². The molecule has 1 fully saturated rings. The Morgan fingerprint density at radius 1 is 1.44 bits per heavy atom. The molecule has 0 saturated heterocycles. The number of nitrogens with two attached hydrogens (primary N) is 1. The number of aliphatic hydroxyl groups is 1. The van der Waals surface area contributed by atoms with Gasteiger partial charge >= 0.3 is 0 Å². The van der Waals surface area contributed by atoms with Crippen molar-refractivity contribution >= 4 is 11.5 Å². The van der Waals surface area contributed by atoms with Gasteiger partial charge in [-0.1, -0.05) is 12.8 Å². The molecule has 4 heteroatoms. The molecule has 4 nitrogen and oxygen atoms in total. The standard InChI is InChI=1S/C12H19N3O/c13-11-6-3-7-14-12(11)15(8-9-16)10-4-1-2-5-10/h3,6-7,10,16H,1-2,4-5,8-9,13H2. The Morgan fingerprint density at radius 2 is 2.19 bits per heavy atom. The molecule has 1 aliphatic carbocycles. The third kappa shape index (κ3) is 2.27. The largest absolute Gasteiger partial charge is 0.396 e. The Labute approximate surface area is 96.1 Å². The zero-order valence-electron chi connectivity index (χ0n) is 9.47. The van der Waals surface area contributed by atoms with E-state index in [1.807, 2.05) is 12.1 Å². The Bertz CT molecular complexity index is 337. The summed E-state index contributed by atoms with van der Waals surface area (Å²) >= 11 is 0. The van der Waals surface area contributed by atoms with Gasteiger partial charge in [0.2, 0.25) is 0 Å². The number of nitrogens with zero attached hydrogens (tertiary/aromatic N) is 2. The number of pyridine rings is 1. The average Bonchev–Trinajstić information content (AvgIpc) is 2.80. The molecule has 2 rings (SSSR count). The number of aliphatic hydroxyl groups excluding tert-OH is 1. The van der Waals surface area contributed by atoms with Crippen molar-refractivity contribution in [1.29, 1.82) is 0 Å². The van der Waals surface area contributed by atoms with E-state index in [0.717, 1.165) is 5.82 Å². The van der Waals surface area contributed by atoms with Crippen LogP contribution in [0.3, 0.4) is 0 Å². The van der Waals surface area contributed by atoms with Gasteiger partial charge in [0.15, 0.2) is 5.82 Å².